The largest absolute Gasteiger partial charge is 0.342 e. The van der Waals surface area contributed by atoms with Crippen LogP contribution in [0.1, 0.15) is 0 Å². The first-order chi connectivity index (χ1) is 14.3. The van der Waals surface area contributed by atoms with E-state index in [1.807, 2.05) is 83.6 Å². The minimum absolute atomic E-state index is 0.0882. The molecule has 0 aliphatic carbocycles. The lowest BCUT2D eigenvalue weighted by Gasteiger charge is -2.29. The number of aromatic nitrogens is 3. The number of nitrogens with one attached hydrogen (secondary N) is 1. The number of rotatable bonds is 2. The third kappa shape index (κ3) is 2.31. The SMILES string of the molecule is O=c1n(C2=CC=CN3CC=CC=C23)c2ccccc2n1-c1cc2ccccc2[nH]1. The second-order valence-corrected chi connectivity index (χ2v) is 7.21. The number of hydrogen-bond donors (Lipinski definition) is 1. The van der Waals surface area contributed by atoms with Gasteiger partial charge >= 0.3 is 5.69 Å². The predicted molar refractivity (Wildman–Crippen MR) is 117 cm³/mol. The van der Waals surface area contributed by atoms with Crippen LogP contribution in [0.5, 0.6) is 0 Å². The summed E-state index contributed by atoms with van der Waals surface area (Å²) >= 11 is 0. The van der Waals surface area contributed by atoms with Crippen molar-refractivity contribution in [2.45, 2.75) is 0 Å². The van der Waals surface area contributed by atoms with E-state index in [0.717, 1.165) is 45.7 Å². The molecule has 2 aromatic heterocycles. The molecule has 0 amide bonds. The molecule has 0 unspecified atom stereocenters. The summed E-state index contributed by atoms with van der Waals surface area (Å²) in [7, 11) is 0. The number of allylic oxidation sites excluding steroid dienone is 5. The zero-order valence-corrected chi connectivity index (χ0v) is 15.6. The van der Waals surface area contributed by atoms with Gasteiger partial charge in [0.2, 0.25) is 0 Å². The van der Waals surface area contributed by atoms with Gasteiger partial charge in [-0.2, -0.15) is 0 Å². The lowest BCUT2D eigenvalue weighted by atomic mass is 10.1. The summed E-state index contributed by atoms with van der Waals surface area (Å²) in [6.45, 7) is 0.801. The number of para-hydroxylation sites is 3. The van der Waals surface area contributed by atoms with Crippen molar-refractivity contribution in [2.24, 2.45) is 0 Å². The molecule has 0 fully saturated rings. The van der Waals surface area contributed by atoms with Gasteiger partial charge in [0.05, 0.1) is 22.4 Å². The summed E-state index contributed by atoms with van der Waals surface area (Å²) in [6.07, 6.45) is 12.2. The first-order valence-electron chi connectivity index (χ1n) is 9.64. The van der Waals surface area contributed by atoms with Crippen LogP contribution in [-0.4, -0.2) is 25.6 Å². The predicted octanol–water partition coefficient (Wildman–Crippen LogP) is 4.40. The Morgan fingerprint density at radius 2 is 1.59 bits per heavy atom. The van der Waals surface area contributed by atoms with Crippen molar-refractivity contribution in [2.75, 3.05) is 6.54 Å². The van der Waals surface area contributed by atoms with Gasteiger partial charge in [0.1, 0.15) is 5.82 Å². The van der Waals surface area contributed by atoms with Crippen LogP contribution in [0.3, 0.4) is 0 Å². The number of hydrogen-bond acceptors (Lipinski definition) is 2. The molecule has 4 heterocycles. The van der Waals surface area contributed by atoms with Crippen LogP contribution in [-0.2, 0) is 0 Å². The normalized spacial score (nSPS) is 15.7. The highest BCUT2D eigenvalue weighted by Crippen LogP contribution is 2.30. The van der Waals surface area contributed by atoms with Crippen LogP contribution in [0, 0.1) is 0 Å². The molecule has 5 heteroatoms. The summed E-state index contributed by atoms with van der Waals surface area (Å²) < 4.78 is 3.57. The van der Waals surface area contributed by atoms with E-state index in [0.29, 0.717) is 0 Å². The van der Waals surface area contributed by atoms with Crippen molar-refractivity contribution < 1.29 is 0 Å². The highest BCUT2D eigenvalue weighted by molar-refractivity contribution is 5.87. The van der Waals surface area contributed by atoms with Crippen molar-refractivity contribution in [1.82, 2.24) is 19.0 Å². The molecule has 140 valence electrons. The maximum Gasteiger partial charge on any atom is 0.339 e. The van der Waals surface area contributed by atoms with Crippen molar-refractivity contribution in [3.8, 4) is 5.82 Å². The van der Waals surface area contributed by atoms with Crippen LogP contribution >= 0.6 is 0 Å². The zero-order chi connectivity index (χ0) is 19.4. The Bertz CT molecular complexity index is 1420. The number of nitrogens with zero attached hydrogens (tertiary/aromatic N) is 3. The molecule has 0 bridgehead atoms. The number of H-pyrrole nitrogens is 1. The third-order valence-corrected chi connectivity index (χ3v) is 5.53. The maximum absolute atomic E-state index is 13.7. The summed E-state index contributed by atoms with van der Waals surface area (Å²) in [5, 5.41) is 1.08. The molecule has 6 rings (SSSR count). The van der Waals surface area contributed by atoms with Crippen LogP contribution < -0.4 is 5.69 Å². The fraction of sp³-hybridized carbons (Fsp3) is 0.0417. The zero-order valence-electron chi connectivity index (χ0n) is 15.6. The lowest BCUT2D eigenvalue weighted by molar-refractivity contribution is 0.522. The Morgan fingerprint density at radius 3 is 2.45 bits per heavy atom. The van der Waals surface area contributed by atoms with Gasteiger partial charge in [-0.15, -0.1) is 0 Å². The van der Waals surface area contributed by atoms with Gasteiger partial charge in [0, 0.05) is 23.6 Å². The minimum atomic E-state index is -0.0882. The van der Waals surface area contributed by atoms with Gasteiger partial charge in [-0.3, -0.25) is 4.57 Å². The van der Waals surface area contributed by atoms with Crippen molar-refractivity contribution >= 4 is 27.6 Å². The molecular formula is C24H18N4O. The van der Waals surface area contributed by atoms with E-state index in [4.69, 9.17) is 0 Å². The van der Waals surface area contributed by atoms with Crippen molar-refractivity contribution in [3.05, 3.63) is 107 Å². The van der Waals surface area contributed by atoms with E-state index in [1.165, 1.54) is 0 Å². The smallest absolute Gasteiger partial charge is 0.339 e. The Labute approximate surface area is 166 Å². The average molecular weight is 378 g/mol. The fourth-order valence-electron chi connectivity index (χ4n) is 4.21. The van der Waals surface area contributed by atoms with Crippen molar-refractivity contribution in [1.29, 1.82) is 0 Å². The lowest BCUT2D eigenvalue weighted by Crippen LogP contribution is -2.29. The van der Waals surface area contributed by atoms with Gasteiger partial charge in [-0.25, -0.2) is 9.36 Å². The second-order valence-electron chi connectivity index (χ2n) is 7.21. The van der Waals surface area contributed by atoms with Gasteiger partial charge in [0.15, 0.2) is 0 Å². The van der Waals surface area contributed by atoms with E-state index in [1.54, 1.807) is 4.57 Å². The Balaban J connectivity index is 1.65. The first kappa shape index (κ1) is 16.0. The highest BCUT2D eigenvalue weighted by atomic mass is 16.1. The van der Waals surface area contributed by atoms with E-state index in [-0.39, 0.29) is 5.69 Å². The van der Waals surface area contributed by atoms with Gasteiger partial charge in [0.25, 0.3) is 0 Å². The standard InChI is InChI=1S/C24H18N4O/c29-24-27(20-13-7-15-26-14-6-5-10-19(20)26)21-11-3-4-12-22(21)28(24)23-16-17-8-1-2-9-18(17)25-23/h1-13,15-16,25H,14H2. The maximum atomic E-state index is 13.7. The minimum Gasteiger partial charge on any atom is -0.342 e. The molecule has 5 nitrogen and oxygen atoms in total. The Kier molecular flexibility index (Phi) is 3.32. The van der Waals surface area contributed by atoms with Crippen LogP contribution in [0.15, 0.2) is 102 Å². The number of fused-ring (bicyclic) bond motifs is 3. The monoisotopic (exact) mass is 378 g/mol. The van der Waals surface area contributed by atoms with Gasteiger partial charge < -0.3 is 9.88 Å². The molecule has 0 saturated carbocycles. The molecule has 1 N–H and O–H groups in total. The van der Waals surface area contributed by atoms with Gasteiger partial charge in [-0.05, 0) is 42.5 Å². The molecule has 2 aliphatic heterocycles. The summed E-state index contributed by atoms with van der Waals surface area (Å²) in [6, 6.07) is 18.0. The number of benzene rings is 2. The summed E-state index contributed by atoms with van der Waals surface area (Å²) in [5.74, 6) is 0.771. The van der Waals surface area contributed by atoms with E-state index in [2.05, 4.69) is 22.0 Å². The van der Waals surface area contributed by atoms with Crippen LogP contribution in [0.4, 0.5) is 0 Å². The second kappa shape index (κ2) is 6.01. The molecule has 0 atom stereocenters. The molecular weight excluding hydrogens is 360 g/mol. The van der Waals surface area contributed by atoms with Gasteiger partial charge in [-0.1, -0.05) is 42.5 Å². The number of aromatic amines is 1. The molecule has 0 radical (unpaired) electrons. The fourth-order valence-corrected chi connectivity index (χ4v) is 4.21. The van der Waals surface area contributed by atoms with E-state index >= 15 is 0 Å². The summed E-state index contributed by atoms with van der Waals surface area (Å²) in [4.78, 5) is 19.3. The molecule has 2 aromatic carbocycles. The van der Waals surface area contributed by atoms with E-state index in [9.17, 15) is 4.79 Å². The molecule has 4 aromatic rings. The Morgan fingerprint density at radius 1 is 0.828 bits per heavy atom. The molecule has 0 spiro atoms. The average Bonchev–Trinajstić information content (AvgIpc) is 3.31. The summed E-state index contributed by atoms with van der Waals surface area (Å²) in [5.41, 5.74) is 4.59. The topological polar surface area (TPSA) is 46.0 Å². The van der Waals surface area contributed by atoms with Crippen LogP contribution in [0.2, 0.25) is 0 Å². The highest BCUT2D eigenvalue weighted by Gasteiger charge is 2.23. The van der Waals surface area contributed by atoms with E-state index < -0.39 is 0 Å². The quantitative estimate of drug-likeness (QED) is 0.562. The molecule has 0 saturated heterocycles. The van der Waals surface area contributed by atoms with Crippen molar-refractivity contribution in [3.63, 3.8) is 0 Å². The number of imidazole rings is 1. The molecule has 2 aliphatic rings. The Hall–Kier alpha value is -3.99. The van der Waals surface area contributed by atoms with Crippen LogP contribution in [0.25, 0.3) is 33.5 Å². The third-order valence-electron chi connectivity index (χ3n) is 5.53. The first-order valence-corrected chi connectivity index (χ1v) is 9.64. The molecule has 29 heavy (non-hydrogen) atoms.